The third kappa shape index (κ3) is 2.82. The minimum atomic E-state index is 0.00282. The smallest absolute Gasteiger partial charge is 0.267 e. The molecule has 1 amide bonds. The lowest BCUT2D eigenvalue weighted by Gasteiger charge is -2.37. The number of piperazine rings is 1. The minimum absolute atomic E-state index is 0.00282. The monoisotopic (exact) mass is 283 g/mol. The van der Waals surface area contributed by atoms with Crippen LogP contribution in [0.3, 0.4) is 0 Å². The van der Waals surface area contributed by atoms with Crippen LogP contribution in [0.25, 0.3) is 0 Å². The van der Waals surface area contributed by atoms with E-state index in [4.69, 9.17) is 5.73 Å². The molecule has 1 fully saturated rings. The zero-order chi connectivity index (χ0) is 14.2. The Morgan fingerprint density at radius 3 is 2.68 bits per heavy atom. The Labute approximate surface area is 117 Å². The number of hydrogen-bond donors (Lipinski definition) is 1. The Hall–Kier alpha value is -1.34. The lowest BCUT2D eigenvalue weighted by Crippen LogP contribution is -2.51. The zero-order valence-corrected chi connectivity index (χ0v) is 12.7. The predicted molar refractivity (Wildman–Crippen MR) is 78.8 cm³/mol. The van der Waals surface area contributed by atoms with Gasteiger partial charge in [-0.25, -0.2) is 4.98 Å². The third-order valence-corrected chi connectivity index (χ3v) is 4.69. The van der Waals surface area contributed by atoms with Gasteiger partial charge in [0.2, 0.25) is 0 Å². The van der Waals surface area contributed by atoms with Gasteiger partial charge >= 0.3 is 0 Å². The number of anilines is 2. The predicted octanol–water partition coefficient (Wildman–Crippen LogP) is 0.567. The number of carbonyl (C=O) groups excluding carboxylic acids is 1. The van der Waals surface area contributed by atoms with Gasteiger partial charge in [-0.15, -0.1) is 0 Å². The first kappa shape index (κ1) is 14.1. The molecule has 0 saturated carbocycles. The molecule has 1 aromatic heterocycles. The van der Waals surface area contributed by atoms with E-state index in [0.29, 0.717) is 16.7 Å². The molecule has 1 aromatic rings. The molecule has 1 aliphatic rings. The highest BCUT2D eigenvalue weighted by Crippen LogP contribution is 2.28. The van der Waals surface area contributed by atoms with Gasteiger partial charge < -0.3 is 20.4 Å². The lowest BCUT2D eigenvalue weighted by molar-refractivity contribution is 0.0578. The number of nitrogens with two attached hydrogens (primary N) is 1. The quantitative estimate of drug-likeness (QED) is 0.859. The molecule has 1 saturated heterocycles. The molecule has 19 heavy (non-hydrogen) atoms. The number of nitrogens with zero attached hydrogens (tertiary/aromatic N) is 4. The van der Waals surface area contributed by atoms with Crippen LogP contribution in [-0.2, 0) is 0 Å². The Bertz CT molecular complexity index is 473. The number of carbonyl (C=O) groups is 1. The van der Waals surface area contributed by atoms with Gasteiger partial charge in [-0.2, -0.15) is 0 Å². The summed E-state index contributed by atoms with van der Waals surface area (Å²) >= 11 is 1.36. The van der Waals surface area contributed by atoms with Crippen LogP contribution in [0.5, 0.6) is 0 Å². The van der Waals surface area contributed by atoms with Gasteiger partial charge in [0.25, 0.3) is 5.91 Å². The summed E-state index contributed by atoms with van der Waals surface area (Å²) in [5, 5.41) is 0.767. The van der Waals surface area contributed by atoms with Crippen LogP contribution in [0.1, 0.15) is 16.6 Å². The van der Waals surface area contributed by atoms with E-state index in [1.54, 1.807) is 0 Å². The maximum atomic E-state index is 12.5. The largest absolute Gasteiger partial charge is 0.382 e. The third-order valence-electron chi connectivity index (χ3n) is 3.47. The highest BCUT2D eigenvalue weighted by atomic mass is 32.1. The van der Waals surface area contributed by atoms with Crippen LogP contribution in [-0.4, -0.2) is 67.5 Å². The van der Waals surface area contributed by atoms with Crippen molar-refractivity contribution in [2.75, 3.05) is 51.4 Å². The molecule has 1 unspecified atom stereocenters. The summed E-state index contributed by atoms with van der Waals surface area (Å²) in [6.07, 6.45) is 0. The fourth-order valence-corrected chi connectivity index (χ4v) is 2.92. The second-order valence-electron chi connectivity index (χ2n) is 5.19. The fourth-order valence-electron chi connectivity index (χ4n) is 2.04. The fraction of sp³-hybridized carbons (Fsp3) is 0.667. The van der Waals surface area contributed by atoms with Crippen molar-refractivity contribution in [3.8, 4) is 0 Å². The number of hydrogen-bond acceptors (Lipinski definition) is 6. The number of aromatic nitrogens is 1. The number of amides is 1. The van der Waals surface area contributed by atoms with E-state index in [-0.39, 0.29) is 5.91 Å². The summed E-state index contributed by atoms with van der Waals surface area (Å²) in [6.45, 7) is 4.51. The molecule has 0 radical (unpaired) electrons. The molecule has 6 nitrogen and oxygen atoms in total. The van der Waals surface area contributed by atoms with Gasteiger partial charge in [0.15, 0.2) is 5.13 Å². The average Bonchev–Trinajstić information content (AvgIpc) is 2.74. The summed E-state index contributed by atoms with van der Waals surface area (Å²) in [7, 11) is 5.87. The normalized spacial score (nSPS) is 20.6. The summed E-state index contributed by atoms with van der Waals surface area (Å²) in [5.41, 5.74) is 5.86. The van der Waals surface area contributed by atoms with E-state index in [9.17, 15) is 4.79 Å². The van der Waals surface area contributed by atoms with Gasteiger partial charge in [0.1, 0.15) is 10.7 Å². The van der Waals surface area contributed by atoms with Crippen LogP contribution in [0.2, 0.25) is 0 Å². The van der Waals surface area contributed by atoms with Crippen LogP contribution in [0.4, 0.5) is 10.9 Å². The topological polar surface area (TPSA) is 65.7 Å². The van der Waals surface area contributed by atoms with Crippen molar-refractivity contribution >= 4 is 28.2 Å². The van der Waals surface area contributed by atoms with E-state index in [1.165, 1.54) is 11.3 Å². The van der Waals surface area contributed by atoms with Gasteiger partial charge in [0, 0.05) is 39.8 Å². The van der Waals surface area contributed by atoms with Crippen molar-refractivity contribution in [1.82, 2.24) is 14.8 Å². The minimum Gasteiger partial charge on any atom is -0.382 e. The molecule has 0 spiro atoms. The van der Waals surface area contributed by atoms with Crippen molar-refractivity contribution in [3.63, 3.8) is 0 Å². The first-order valence-electron chi connectivity index (χ1n) is 6.33. The first-order chi connectivity index (χ1) is 8.90. The highest BCUT2D eigenvalue weighted by Gasteiger charge is 2.28. The molecular weight excluding hydrogens is 262 g/mol. The second-order valence-corrected chi connectivity index (χ2v) is 6.16. The van der Waals surface area contributed by atoms with Gasteiger partial charge in [0.05, 0.1) is 0 Å². The molecule has 106 valence electrons. The molecular formula is C12H21N5OS. The highest BCUT2D eigenvalue weighted by molar-refractivity contribution is 7.18. The summed E-state index contributed by atoms with van der Waals surface area (Å²) in [6, 6.07) is 0.375. The molecule has 0 aromatic carbocycles. The number of rotatable bonds is 2. The van der Waals surface area contributed by atoms with E-state index < -0.39 is 0 Å². The standard InChI is InChI=1S/C12H21N5OS/c1-8-7-17(6-5-16(8)4)11(18)9-10(13)14-12(19-9)15(2)3/h8H,5-7,13H2,1-4H3. The molecule has 2 heterocycles. The van der Waals surface area contributed by atoms with E-state index in [0.717, 1.165) is 24.8 Å². The van der Waals surface area contributed by atoms with Crippen LogP contribution >= 0.6 is 11.3 Å². The van der Waals surface area contributed by atoms with Crippen molar-refractivity contribution < 1.29 is 4.79 Å². The summed E-state index contributed by atoms with van der Waals surface area (Å²) in [5.74, 6) is 0.341. The van der Waals surface area contributed by atoms with Crippen LogP contribution < -0.4 is 10.6 Å². The lowest BCUT2D eigenvalue weighted by atomic mass is 10.2. The molecule has 2 N–H and O–H groups in total. The van der Waals surface area contributed by atoms with Gasteiger partial charge in [-0.1, -0.05) is 11.3 Å². The van der Waals surface area contributed by atoms with Gasteiger partial charge in [-0.05, 0) is 14.0 Å². The first-order valence-corrected chi connectivity index (χ1v) is 7.15. The SMILES string of the molecule is CC1CN(C(=O)c2sc(N(C)C)nc2N)CCN1C. The maximum Gasteiger partial charge on any atom is 0.267 e. The van der Waals surface area contributed by atoms with Crippen molar-refractivity contribution in [2.24, 2.45) is 0 Å². The van der Waals surface area contributed by atoms with Crippen molar-refractivity contribution in [3.05, 3.63) is 4.88 Å². The Morgan fingerprint density at radius 1 is 1.47 bits per heavy atom. The Kier molecular flexibility index (Phi) is 3.96. The maximum absolute atomic E-state index is 12.5. The van der Waals surface area contributed by atoms with Crippen molar-refractivity contribution in [2.45, 2.75) is 13.0 Å². The molecule has 1 atom stereocenters. The Morgan fingerprint density at radius 2 is 2.16 bits per heavy atom. The number of likely N-dealkylation sites (N-methyl/N-ethyl adjacent to an activating group) is 1. The second kappa shape index (κ2) is 5.34. The number of thiazole rings is 1. The average molecular weight is 283 g/mol. The molecule has 0 aliphatic carbocycles. The van der Waals surface area contributed by atoms with Crippen LogP contribution in [0.15, 0.2) is 0 Å². The van der Waals surface area contributed by atoms with Crippen LogP contribution in [0, 0.1) is 0 Å². The Balaban J connectivity index is 2.16. The van der Waals surface area contributed by atoms with E-state index >= 15 is 0 Å². The van der Waals surface area contributed by atoms with E-state index in [1.807, 2.05) is 23.9 Å². The molecule has 7 heteroatoms. The zero-order valence-electron chi connectivity index (χ0n) is 11.9. The molecule has 1 aliphatic heterocycles. The molecule has 0 bridgehead atoms. The molecule has 2 rings (SSSR count). The van der Waals surface area contributed by atoms with E-state index in [2.05, 4.69) is 23.9 Å². The summed E-state index contributed by atoms with van der Waals surface area (Å²) in [4.78, 5) is 23.3. The number of nitrogen functional groups attached to an aromatic ring is 1. The summed E-state index contributed by atoms with van der Waals surface area (Å²) < 4.78 is 0. The van der Waals surface area contributed by atoms with Gasteiger partial charge in [-0.3, -0.25) is 4.79 Å². The van der Waals surface area contributed by atoms with Crippen molar-refractivity contribution in [1.29, 1.82) is 0 Å².